The molecule has 1 saturated carbocycles. The number of rotatable bonds is 8. The summed E-state index contributed by atoms with van der Waals surface area (Å²) in [6.45, 7) is 3.72. The number of carbonyl (C=O) groups excluding carboxylic acids is 1. The monoisotopic (exact) mass is 590 g/mol. The molecule has 10 heteroatoms. The second kappa shape index (κ2) is 10.3. The summed E-state index contributed by atoms with van der Waals surface area (Å²) in [5.74, 6) is -0.107. The Hall–Kier alpha value is -3.73. The van der Waals surface area contributed by atoms with Crippen LogP contribution in [0.4, 0.5) is 10.5 Å². The van der Waals surface area contributed by atoms with Gasteiger partial charge in [-0.15, -0.1) is 22.7 Å². The first kappa shape index (κ1) is 26.5. The van der Waals surface area contributed by atoms with E-state index in [1.54, 1.807) is 29.8 Å². The fraction of sp³-hybridized carbons (Fsp3) is 0.233. The first-order valence-electron chi connectivity index (χ1n) is 12.7. The van der Waals surface area contributed by atoms with Gasteiger partial charge in [-0.05, 0) is 73.6 Å². The van der Waals surface area contributed by atoms with Crippen LogP contribution in [0.15, 0.2) is 60.7 Å². The molecule has 1 unspecified atom stereocenters. The smallest absolute Gasteiger partial charge is 0.412 e. The summed E-state index contributed by atoms with van der Waals surface area (Å²) in [6, 6.07) is 19.6. The van der Waals surface area contributed by atoms with Crippen molar-refractivity contribution >= 4 is 61.4 Å². The molecule has 1 fully saturated rings. The molecule has 1 amide bonds. The van der Waals surface area contributed by atoms with Gasteiger partial charge in [0.2, 0.25) is 0 Å². The lowest BCUT2D eigenvalue weighted by Crippen LogP contribution is -2.19. The van der Waals surface area contributed by atoms with Crippen LogP contribution in [0.25, 0.3) is 29.6 Å². The number of nitrogens with one attached hydrogen (secondary N) is 1. The summed E-state index contributed by atoms with van der Waals surface area (Å²) in [6.07, 6.45) is 0.403. The van der Waals surface area contributed by atoms with Gasteiger partial charge in [-0.3, -0.25) is 10.1 Å². The van der Waals surface area contributed by atoms with E-state index in [0.29, 0.717) is 24.3 Å². The number of carboxylic acids is 1. The van der Waals surface area contributed by atoms with Gasteiger partial charge in [0.15, 0.2) is 0 Å². The minimum absolute atomic E-state index is 0.382. The maximum Gasteiger partial charge on any atom is 0.412 e. The van der Waals surface area contributed by atoms with Gasteiger partial charge < -0.3 is 14.6 Å². The van der Waals surface area contributed by atoms with Gasteiger partial charge in [-0.25, -0.2) is 4.79 Å². The van der Waals surface area contributed by atoms with Crippen molar-refractivity contribution in [1.82, 2.24) is 4.37 Å². The van der Waals surface area contributed by atoms with E-state index < -0.39 is 17.5 Å². The number of ether oxygens (including phenoxy) is 2. The number of hydrogen-bond acceptors (Lipinski definition) is 8. The Kier molecular flexibility index (Phi) is 6.85. The molecule has 2 N–H and O–H groups in total. The van der Waals surface area contributed by atoms with Crippen LogP contribution >= 0.6 is 34.2 Å². The molecule has 0 spiro atoms. The Labute approximate surface area is 243 Å². The summed E-state index contributed by atoms with van der Waals surface area (Å²) < 4.78 is 18.0. The van der Waals surface area contributed by atoms with E-state index in [2.05, 4.69) is 21.8 Å². The number of benzene rings is 2. The van der Waals surface area contributed by atoms with Gasteiger partial charge in [0.05, 0.1) is 33.7 Å². The number of fused-ring (bicyclic) bond motifs is 1. The number of thiophene rings is 2. The summed E-state index contributed by atoms with van der Waals surface area (Å²) in [5, 5.41) is 12.6. The number of methoxy groups -OCH3 is 1. The molecule has 204 valence electrons. The van der Waals surface area contributed by atoms with Crippen LogP contribution in [0, 0.1) is 6.92 Å². The standard InChI is InChI=1S/C30H26N2O5S3/c1-16-26(31-29(35)37-17(2)18-7-5-4-6-8-18)27(40-32-16)25-15-24-23(39-25)14-22(38-24)20-10-9-19(13-21(20)36-3)30(11-12-30)28(33)34/h4-10,13-15,17H,11-12H2,1-3H3,(H,31,35)(H,33,34). The van der Waals surface area contributed by atoms with Crippen molar-refractivity contribution in [3.8, 4) is 25.9 Å². The molecular weight excluding hydrogens is 565 g/mol. The van der Waals surface area contributed by atoms with Gasteiger partial charge in [0.1, 0.15) is 11.9 Å². The third-order valence-corrected chi connectivity index (χ3v) is 10.7. The minimum atomic E-state index is -0.780. The van der Waals surface area contributed by atoms with Crippen LogP contribution in [0.3, 0.4) is 0 Å². The van der Waals surface area contributed by atoms with E-state index in [4.69, 9.17) is 9.47 Å². The topological polar surface area (TPSA) is 97.8 Å². The minimum Gasteiger partial charge on any atom is -0.496 e. The molecule has 2 aromatic carbocycles. The van der Waals surface area contributed by atoms with E-state index in [1.807, 2.05) is 62.4 Å². The first-order valence-corrected chi connectivity index (χ1v) is 15.1. The van der Waals surface area contributed by atoms with Crippen LogP contribution in [-0.4, -0.2) is 28.7 Å². The molecule has 0 radical (unpaired) electrons. The molecule has 0 saturated heterocycles. The summed E-state index contributed by atoms with van der Waals surface area (Å²) in [4.78, 5) is 27.5. The highest BCUT2D eigenvalue weighted by Crippen LogP contribution is 2.51. The fourth-order valence-corrected chi connectivity index (χ4v) is 8.16. The highest BCUT2D eigenvalue weighted by molar-refractivity contribution is 7.32. The Bertz CT molecular complexity index is 1700. The number of aromatic nitrogens is 1. The van der Waals surface area contributed by atoms with E-state index in [0.717, 1.165) is 46.4 Å². The number of amides is 1. The molecule has 7 nitrogen and oxygen atoms in total. The number of aliphatic carboxylic acids is 1. The SMILES string of the molecule is COc1cc(C2(C(=O)O)CC2)ccc1-c1cc2sc(-c3snc(C)c3NC(=O)OC(C)c3ccccc3)cc2s1. The second-order valence-electron chi connectivity index (χ2n) is 9.81. The number of hydrogen-bond donors (Lipinski definition) is 2. The van der Waals surface area contributed by atoms with Gasteiger partial charge in [-0.2, -0.15) is 4.37 Å². The zero-order valence-corrected chi connectivity index (χ0v) is 24.5. The average Bonchev–Trinajstić information content (AvgIpc) is 3.38. The summed E-state index contributed by atoms with van der Waals surface area (Å²) >= 11 is 4.64. The molecule has 5 aromatic rings. The van der Waals surface area contributed by atoms with Crippen molar-refractivity contribution in [2.24, 2.45) is 0 Å². The van der Waals surface area contributed by atoms with Crippen molar-refractivity contribution < 1.29 is 24.2 Å². The molecule has 40 heavy (non-hydrogen) atoms. The van der Waals surface area contributed by atoms with Crippen LogP contribution in [-0.2, 0) is 14.9 Å². The molecule has 0 bridgehead atoms. The third kappa shape index (κ3) is 4.76. The Morgan fingerprint density at radius 1 is 1.02 bits per heavy atom. The Morgan fingerprint density at radius 3 is 2.40 bits per heavy atom. The largest absolute Gasteiger partial charge is 0.496 e. The molecule has 0 aliphatic heterocycles. The van der Waals surface area contributed by atoms with Crippen LogP contribution < -0.4 is 10.1 Å². The van der Waals surface area contributed by atoms with Crippen molar-refractivity contribution in [2.75, 3.05) is 12.4 Å². The predicted molar refractivity (Wildman–Crippen MR) is 161 cm³/mol. The molecule has 6 rings (SSSR count). The lowest BCUT2D eigenvalue weighted by molar-refractivity contribution is -0.140. The predicted octanol–water partition coefficient (Wildman–Crippen LogP) is 8.50. The zero-order chi connectivity index (χ0) is 28.0. The quantitative estimate of drug-likeness (QED) is 0.188. The second-order valence-corrected chi connectivity index (χ2v) is 12.7. The Morgan fingerprint density at radius 2 is 1.73 bits per heavy atom. The summed E-state index contributed by atoms with van der Waals surface area (Å²) in [7, 11) is 1.61. The highest BCUT2D eigenvalue weighted by Gasteiger charge is 2.52. The fourth-order valence-electron chi connectivity index (χ4n) is 4.79. The van der Waals surface area contributed by atoms with E-state index in [9.17, 15) is 14.7 Å². The van der Waals surface area contributed by atoms with Gasteiger partial charge in [0, 0.05) is 19.8 Å². The highest BCUT2D eigenvalue weighted by atomic mass is 32.1. The maximum absolute atomic E-state index is 12.7. The van der Waals surface area contributed by atoms with Crippen molar-refractivity contribution in [1.29, 1.82) is 0 Å². The average molecular weight is 591 g/mol. The van der Waals surface area contributed by atoms with Crippen LogP contribution in [0.1, 0.15) is 42.7 Å². The molecule has 3 aromatic heterocycles. The maximum atomic E-state index is 12.7. The number of aryl methyl sites for hydroxylation is 1. The van der Waals surface area contributed by atoms with Gasteiger partial charge in [0.25, 0.3) is 0 Å². The zero-order valence-electron chi connectivity index (χ0n) is 22.0. The van der Waals surface area contributed by atoms with Crippen molar-refractivity contribution in [3.63, 3.8) is 0 Å². The number of carboxylic acid groups (broad SMARTS) is 1. The third-order valence-electron chi connectivity index (χ3n) is 7.25. The van der Waals surface area contributed by atoms with E-state index in [-0.39, 0.29) is 6.10 Å². The van der Waals surface area contributed by atoms with E-state index >= 15 is 0 Å². The van der Waals surface area contributed by atoms with Crippen LogP contribution in [0.2, 0.25) is 0 Å². The molecule has 1 atom stereocenters. The lowest BCUT2D eigenvalue weighted by atomic mass is 9.94. The normalized spacial score (nSPS) is 14.6. The molecular formula is C30H26N2O5S3. The number of anilines is 1. The molecule has 1 aliphatic rings. The number of nitrogens with zero attached hydrogens (tertiary/aromatic N) is 1. The summed E-state index contributed by atoms with van der Waals surface area (Å²) in [5.41, 5.74) is 3.27. The molecule has 1 aliphatic carbocycles. The number of carbonyl (C=O) groups is 2. The van der Waals surface area contributed by atoms with Gasteiger partial charge in [-0.1, -0.05) is 36.4 Å². The van der Waals surface area contributed by atoms with Gasteiger partial charge >= 0.3 is 12.1 Å². The first-order chi connectivity index (χ1) is 19.3. The van der Waals surface area contributed by atoms with E-state index in [1.165, 1.54) is 11.5 Å². The Balaban J connectivity index is 1.24. The lowest BCUT2D eigenvalue weighted by Gasteiger charge is -2.14. The van der Waals surface area contributed by atoms with Crippen molar-refractivity contribution in [3.05, 3.63) is 77.5 Å². The van der Waals surface area contributed by atoms with Crippen LogP contribution in [0.5, 0.6) is 5.75 Å². The molecule has 3 heterocycles. The van der Waals surface area contributed by atoms with Crippen molar-refractivity contribution in [2.45, 2.75) is 38.2 Å².